The highest BCUT2D eigenvalue weighted by Gasteiger charge is 2.51. The van der Waals surface area contributed by atoms with Crippen LogP contribution in [0.3, 0.4) is 0 Å². The molecule has 0 unspecified atom stereocenters. The highest BCUT2D eigenvalue weighted by molar-refractivity contribution is 5.94. The Balaban J connectivity index is 1.38. The van der Waals surface area contributed by atoms with Crippen LogP contribution in [0.4, 0.5) is 0 Å². The van der Waals surface area contributed by atoms with Crippen molar-refractivity contribution in [1.82, 2.24) is 0 Å². The third kappa shape index (κ3) is 5.75. The van der Waals surface area contributed by atoms with Gasteiger partial charge in [-0.25, -0.2) is 0 Å². The second-order valence-electron chi connectivity index (χ2n) is 10.2. The molecule has 0 amide bonds. The largest absolute Gasteiger partial charge is 0.491 e. The van der Waals surface area contributed by atoms with Crippen molar-refractivity contribution < 1.29 is 34.7 Å². The average Bonchev–Trinajstić information content (AvgIpc) is 2.91. The summed E-state index contributed by atoms with van der Waals surface area (Å²) in [6, 6.07) is 15.4. The number of rotatable bonds is 10. The van der Waals surface area contributed by atoms with Crippen molar-refractivity contribution in [2.24, 2.45) is 0 Å². The molecular formula is C29H38O7. The topological polar surface area (TPSA) is 116 Å². The minimum atomic E-state index is -1.53. The summed E-state index contributed by atoms with van der Waals surface area (Å²) in [6.07, 6.45) is 3.68. The van der Waals surface area contributed by atoms with Gasteiger partial charge in [0.2, 0.25) is 0 Å². The van der Waals surface area contributed by atoms with Crippen molar-refractivity contribution in [1.29, 1.82) is 0 Å². The predicted octanol–water partition coefficient (Wildman–Crippen LogP) is 3.48. The lowest BCUT2D eigenvalue weighted by Gasteiger charge is -2.43. The lowest BCUT2D eigenvalue weighted by Crippen LogP contribution is -2.55. The summed E-state index contributed by atoms with van der Waals surface area (Å²) < 4.78 is 11.4. The van der Waals surface area contributed by atoms with Crippen molar-refractivity contribution in [2.75, 3.05) is 26.4 Å². The van der Waals surface area contributed by atoms with E-state index in [0.29, 0.717) is 51.4 Å². The number of carbonyl (C=O) groups excluding carboxylic acids is 1. The maximum Gasteiger partial charge on any atom is 0.195 e. The van der Waals surface area contributed by atoms with Gasteiger partial charge in [-0.3, -0.25) is 4.79 Å². The third-order valence-corrected chi connectivity index (χ3v) is 7.89. The number of hydrogen-bond donors (Lipinski definition) is 4. The van der Waals surface area contributed by atoms with Crippen LogP contribution in [-0.4, -0.2) is 63.8 Å². The number of ketones is 1. The molecule has 4 rings (SSSR count). The number of para-hydroxylation sites is 2. The summed E-state index contributed by atoms with van der Waals surface area (Å²) >= 11 is 0. The van der Waals surface area contributed by atoms with Crippen molar-refractivity contribution in [2.45, 2.75) is 74.4 Å². The monoisotopic (exact) mass is 498 g/mol. The van der Waals surface area contributed by atoms with Gasteiger partial charge in [-0.15, -0.1) is 0 Å². The Hall–Kier alpha value is -2.45. The molecule has 0 aromatic heterocycles. The molecule has 0 bridgehead atoms. The zero-order valence-electron chi connectivity index (χ0n) is 20.8. The molecule has 0 radical (unpaired) electrons. The fraction of sp³-hybridized carbons (Fsp3) is 0.552. The molecule has 0 atom stereocenters. The maximum absolute atomic E-state index is 13.5. The Morgan fingerprint density at radius 1 is 0.694 bits per heavy atom. The van der Waals surface area contributed by atoms with Crippen LogP contribution < -0.4 is 9.47 Å². The van der Waals surface area contributed by atoms with E-state index in [4.69, 9.17) is 19.7 Å². The minimum absolute atomic E-state index is 0.0615. The van der Waals surface area contributed by atoms with Gasteiger partial charge in [-0.2, -0.15) is 0 Å². The molecule has 7 heteroatoms. The van der Waals surface area contributed by atoms with E-state index in [1.807, 2.05) is 48.5 Å². The van der Waals surface area contributed by atoms with Crippen molar-refractivity contribution >= 4 is 5.78 Å². The van der Waals surface area contributed by atoms with E-state index in [9.17, 15) is 15.0 Å². The molecule has 0 heterocycles. The molecule has 4 N–H and O–H groups in total. The Bertz CT molecular complexity index is 925. The number of aliphatic hydroxyl groups is 4. The van der Waals surface area contributed by atoms with Crippen LogP contribution in [0.2, 0.25) is 0 Å². The summed E-state index contributed by atoms with van der Waals surface area (Å²) in [5.41, 5.74) is -0.995. The Morgan fingerprint density at radius 2 is 1.06 bits per heavy atom. The van der Waals surface area contributed by atoms with E-state index >= 15 is 0 Å². The summed E-state index contributed by atoms with van der Waals surface area (Å²) in [6.45, 7) is 0.318. The van der Waals surface area contributed by atoms with Gasteiger partial charge in [0, 0.05) is 0 Å². The Morgan fingerprint density at radius 3 is 1.42 bits per heavy atom. The molecule has 2 saturated carbocycles. The molecule has 2 aliphatic carbocycles. The number of hydrogen-bond acceptors (Lipinski definition) is 7. The molecule has 2 aromatic carbocycles. The van der Waals surface area contributed by atoms with Gasteiger partial charge >= 0.3 is 0 Å². The number of aliphatic hydroxyl groups excluding tert-OH is 2. The van der Waals surface area contributed by atoms with Crippen molar-refractivity contribution in [3.63, 3.8) is 0 Å². The normalized spacial score (nSPS) is 28.4. The summed E-state index contributed by atoms with van der Waals surface area (Å²) in [5, 5.41) is 40.9. The first-order chi connectivity index (χ1) is 17.4. The van der Waals surface area contributed by atoms with Gasteiger partial charge in [-0.1, -0.05) is 36.4 Å². The van der Waals surface area contributed by atoms with E-state index in [1.165, 1.54) is 0 Å². The molecule has 196 valence electrons. The van der Waals surface area contributed by atoms with Crippen LogP contribution in [-0.2, 0) is 4.79 Å². The standard InChI is InChI=1S/C29H38O7/c30-17-19-35-25-7-3-1-5-23(25)21-9-13-28(33,14-10-21)27(32)29(34)15-11-22(12-16-29)24-6-2-4-8-26(24)36-20-18-31/h1-8,21-22,30-31,33-34H,9-20H2. The van der Waals surface area contributed by atoms with E-state index in [1.54, 1.807) is 0 Å². The zero-order valence-corrected chi connectivity index (χ0v) is 20.8. The van der Waals surface area contributed by atoms with Crippen LogP contribution in [0.25, 0.3) is 0 Å². The summed E-state index contributed by atoms with van der Waals surface area (Å²) in [4.78, 5) is 13.5. The van der Waals surface area contributed by atoms with Crippen molar-refractivity contribution in [3.8, 4) is 11.5 Å². The zero-order chi connectivity index (χ0) is 25.6. The van der Waals surface area contributed by atoms with E-state index in [0.717, 1.165) is 22.6 Å². The molecular weight excluding hydrogens is 460 g/mol. The van der Waals surface area contributed by atoms with Gasteiger partial charge in [0.1, 0.15) is 35.9 Å². The van der Waals surface area contributed by atoms with Crippen LogP contribution in [0.15, 0.2) is 48.5 Å². The second kappa shape index (κ2) is 11.7. The molecule has 0 aliphatic heterocycles. The predicted molar refractivity (Wildman–Crippen MR) is 135 cm³/mol. The fourth-order valence-corrected chi connectivity index (χ4v) is 5.91. The number of ether oxygens (including phenoxy) is 2. The first-order valence-electron chi connectivity index (χ1n) is 13.0. The van der Waals surface area contributed by atoms with Gasteiger partial charge in [0.25, 0.3) is 0 Å². The van der Waals surface area contributed by atoms with Crippen LogP contribution in [0.1, 0.15) is 74.3 Å². The number of benzene rings is 2. The lowest BCUT2D eigenvalue weighted by molar-refractivity contribution is -0.164. The highest BCUT2D eigenvalue weighted by atomic mass is 16.5. The molecule has 36 heavy (non-hydrogen) atoms. The molecule has 2 fully saturated rings. The van der Waals surface area contributed by atoms with E-state index < -0.39 is 17.0 Å². The van der Waals surface area contributed by atoms with Gasteiger partial charge < -0.3 is 29.9 Å². The highest BCUT2D eigenvalue weighted by Crippen LogP contribution is 2.47. The minimum Gasteiger partial charge on any atom is -0.491 e. The maximum atomic E-state index is 13.5. The molecule has 2 aromatic rings. The Labute approximate surface area is 212 Å². The summed E-state index contributed by atoms with van der Waals surface area (Å²) in [5.74, 6) is 1.31. The number of Topliss-reactive ketones (excluding diaryl/α,β-unsaturated/α-hetero) is 1. The SMILES string of the molecule is O=C(C1(O)CCC(c2ccccc2OCCO)CC1)C1(O)CCC(c2ccccc2OCCO)CC1. The fourth-order valence-electron chi connectivity index (χ4n) is 5.91. The molecule has 0 saturated heterocycles. The second-order valence-corrected chi connectivity index (χ2v) is 10.2. The first-order valence-corrected chi connectivity index (χ1v) is 13.0. The third-order valence-electron chi connectivity index (χ3n) is 7.89. The quantitative estimate of drug-likeness (QED) is 0.396. The lowest BCUT2D eigenvalue weighted by atomic mass is 9.66. The van der Waals surface area contributed by atoms with Crippen LogP contribution >= 0.6 is 0 Å². The van der Waals surface area contributed by atoms with E-state index in [-0.39, 0.29) is 38.3 Å². The smallest absolute Gasteiger partial charge is 0.195 e. The van der Waals surface area contributed by atoms with E-state index in [2.05, 4.69) is 0 Å². The Kier molecular flexibility index (Phi) is 8.67. The van der Waals surface area contributed by atoms with Gasteiger partial charge in [0.05, 0.1) is 13.2 Å². The summed E-state index contributed by atoms with van der Waals surface area (Å²) in [7, 11) is 0. The van der Waals surface area contributed by atoms with Crippen molar-refractivity contribution in [3.05, 3.63) is 59.7 Å². The molecule has 7 nitrogen and oxygen atoms in total. The average molecular weight is 499 g/mol. The molecule has 2 aliphatic rings. The van der Waals surface area contributed by atoms with Gasteiger partial charge in [0.15, 0.2) is 5.78 Å². The van der Waals surface area contributed by atoms with Gasteiger partial charge in [-0.05, 0) is 86.5 Å². The number of carbonyl (C=O) groups is 1. The first kappa shape index (κ1) is 26.6. The van der Waals surface area contributed by atoms with Crippen LogP contribution in [0, 0.1) is 0 Å². The molecule has 0 spiro atoms. The van der Waals surface area contributed by atoms with Crippen LogP contribution in [0.5, 0.6) is 11.5 Å².